The van der Waals surface area contributed by atoms with Gasteiger partial charge < -0.3 is 42.1 Å². The first-order valence-electron chi connectivity index (χ1n) is 10.8. The van der Waals surface area contributed by atoms with Crippen molar-refractivity contribution in [3.63, 3.8) is 0 Å². The van der Waals surface area contributed by atoms with Gasteiger partial charge in [-0.1, -0.05) is 26.0 Å². The first-order chi connectivity index (χ1) is 16.3. The molecule has 1 aromatic rings. The maximum absolute atomic E-state index is 13.0. The molecule has 1 rings (SSSR count). The second-order valence-corrected chi connectivity index (χ2v) is 8.41. The Labute approximate surface area is 201 Å². The summed E-state index contributed by atoms with van der Waals surface area (Å²) in [6.45, 7) is 2.77. The number of carbonyl (C=O) groups excluding carboxylic acids is 3. The fourth-order valence-corrected chi connectivity index (χ4v) is 3.08. The lowest BCUT2D eigenvalue weighted by molar-refractivity contribution is -0.144. The number of phenols is 1. The number of carbonyl (C=O) groups is 5. The van der Waals surface area contributed by atoms with Crippen molar-refractivity contribution in [1.82, 2.24) is 16.0 Å². The minimum atomic E-state index is -1.71. The summed E-state index contributed by atoms with van der Waals surface area (Å²) in [6, 6.07) is 0.156. The fourth-order valence-electron chi connectivity index (χ4n) is 3.08. The normalized spacial score (nSPS) is 14.3. The Balaban J connectivity index is 3.12. The molecule has 0 saturated carbocycles. The molecule has 0 bridgehead atoms. The summed E-state index contributed by atoms with van der Waals surface area (Å²) in [7, 11) is 0. The molecule has 0 fully saturated rings. The van der Waals surface area contributed by atoms with Crippen LogP contribution < -0.4 is 21.7 Å². The van der Waals surface area contributed by atoms with Crippen molar-refractivity contribution >= 4 is 29.7 Å². The second-order valence-electron chi connectivity index (χ2n) is 8.41. The largest absolute Gasteiger partial charge is 0.508 e. The highest BCUT2D eigenvalue weighted by atomic mass is 16.4. The Hall–Kier alpha value is -3.71. The number of carboxylic acids is 2. The molecule has 4 unspecified atom stereocenters. The number of benzene rings is 1. The Morgan fingerprint density at radius 3 is 1.86 bits per heavy atom. The molecule has 0 aromatic heterocycles. The van der Waals surface area contributed by atoms with Gasteiger partial charge in [-0.25, -0.2) is 4.79 Å². The number of rotatable bonds is 14. The molecule has 0 radical (unpaired) electrons. The molecule has 0 saturated heterocycles. The number of hydrogen-bond acceptors (Lipinski definition) is 8. The quantitative estimate of drug-likeness (QED) is 0.146. The van der Waals surface area contributed by atoms with E-state index in [1.165, 1.54) is 24.3 Å². The highest BCUT2D eigenvalue weighted by Crippen LogP contribution is 2.12. The van der Waals surface area contributed by atoms with Crippen LogP contribution in [0, 0.1) is 5.92 Å². The van der Waals surface area contributed by atoms with E-state index in [-0.39, 0.29) is 18.1 Å². The lowest BCUT2D eigenvalue weighted by Crippen LogP contribution is -2.58. The van der Waals surface area contributed by atoms with E-state index in [1.54, 1.807) is 0 Å². The second kappa shape index (κ2) is 13.9. The SMILES string of the molecule is CC(C)CC(N)C(=O)NC(Cc1ccc(O)cc1)C(=O)NC(CC(=O)O)C(=O)NC(CO)C(=O)O. The van der Waals surface area contributed by atoms with E-state index in [2.05, 4.69) is 10.6 Å². The molecule has 0 spiro atoms. The summed E-state index contributed by atoms with van der Waals surface area (Å²) >= 11 is 0. The number of hydrogen-bond donors (Lipinski definition) is 8. The van der Waals surface area contributed by atoms with Crippen molar-refractivity contribution in [2.45, 2.75) is 57.3 Å². The Bertz CT molecular complexity index is 905. The van der Waals surface area contributed by atoms with Gasteiger partial charge in [0.2, 0.25) is 17.7 Å². The number of aliphatic hydroxyl groups is 1. The van der Waals surface area contributed by atoms with Gasteiger partial charge >= 0.3 is 11.9 Å². The average molecular weight is 497 g/mol. The van der Waals surface area contributed by atoms with Gasteiger partial charge in [0.05, 0.1) is 19.1 Å². The molecule has 0 aliphatic rings. The number of carboxylic acid groups (broad SMARTS) is 2. The molecule has 1 aromatic carbocycles. The average Bonchev–Trinajstić information content (AvgIpc) is 2.76. The monoisotopic (exact) mass is 496 g/mol. The summed E-state index contributed by atoms with van der Waals surface area (Å²) in [6.07, 6.45) is -0.634. The predicted molar refractivity (Wildman–Crippen MR) is 122 cm³/mol. The maximum atomic E-state index is 13.0. The first-order valence-corrected chi connectivity index (χ1v) is 10.8. The number of nitrogens with one attached hydrogen (secondary N) is 3. The summed E-state index contributed by atoms with van der Waals surface area (Å²) < 4.78 is 0. The van der Waals surface area contributed by atoms with Crippen LogP contribution >= 0.6 is 0 Å². The summed E-state index contributed by atoms with van der Waals surface area (Å²) in [5, 5.41) is 43.4. The maximum Gasteiger partial charge on any atom is 0.328 e. The van der Waals surface area contributed by atoms with Crippen LogP contribution in [0.25, 0.3) is 0 Å². The van der Waals surface area contributed by atoms with E-state index in [0.29, 0.717) is 12.0 Å². The van der Waals surface area contributed by atoms with Crippen LogP contribution in [-0.2, 0) is 30.4 Å². The van der Waals surface area contributed by atoms with Crippen molar-refractivity contribution in [2.24, 2.45) is 11.7 Å². The minimum absolute atomic E-state index is 0.0206. The Morgan fingerprint density at radius 1 is 0.857 bits per heavy atom. The van der Waals surface area contributed by atoms with E-state index in [0.717, 1.165) is 0 Å². The molecule has 13 heteroatoms. The molecule has 0 heterocycles. The highest BCUT2D eigenvalue weighted by molar-refractivity contribution is 5.95. The lowest BCUT2D eigenvalue weighted by Gasteiger charge is -2.24. The van der Waals surface area contributed by atoms with Gasteiger partial charge in [-0.3, -0.25) is 19.2 Å². The molecule has 3 amide bonds. The third kappa shape index (κ3) is 10.4. The van der Waals surface area contributed by atoms with E-state index >= 15 is 0 Å². The summed E-state index contributed by atoms with van der Waals surface area (Å²) in [5.41, 5.74) is 6.43. The molecular formula is C22H32N4O9. The Morgan fingerprint density at radius 2 is 1.37 bits per heavy atom. The van der Waals surface area contributed by atoms with Gasteiger partial charge in [0.1, 0.15) is 23.9 Å². The van der Waals surface area contributed by atoms with Crippen molar-refractivity contribution in [2.75, 3.05) is 6.61 Å². The first kappa shape index (κ1) is 29.3. The van der Waals surface area contributed by atoms with Crippen LogP contribution in [0.1, 0.15) is 32.3 Å². The zero-order valence-electron chi connectivity index (χ0n) is 19.4. The van der Waals surface area contributed by atoms with Crippen molar-refractivity contribution in [3.8, 4) is 5.75 Å². The number of aliphatic carboxylic acids is 2. The van der Waals surface area contributed by atoms with Crippen LogP contribution in [0.5, 0.6) is 5.75 Å². The molecule has 13 nitrogen and oxygen atoms in total. The fraction of sp³-hybridized carbons (Fsp3) is 0.500. The molecular weight excluding hydrogens is 464 g/mol. The molecule has 0 aliphatic heterocycles. The molecule has 194 valence electrons. The predicted octanol–water partition coefficient (Wildman–Crippen LogP) is -1.69. The zero-order valence-corrected chi connectivity index (χ0v) is 19.4. The van der Waals surface area contributed by atoms with Gasteiger partial charge in [-0.2, -0.15) is 0 Å². The van der Waals surface area contributed by atoms with E-state index < -0.39 is 66.9 Å². The Kier molecular flexibility index (Phi) is 11.6. The molecule has 0 aliphatic carbocycles. The van der Waals surface area contributed by atoms with Crippen LogP contribution in [0.2, 0.25) is 0 Å². The lowest BCUT2D eigenvalue weighted by atomic mass is 10.0. The van der Waals surface area contributed by atoms with E-state index in [4.69, 9.17) is 21.1 Å². The van der Waals surface area contributed by atoms with Crippen molar-refractivity contribution in [3.05, 3.63) is 29.8 Å². The van der Waals surface area contributed by atoms with Gasteiger partial charge in [0.25, 0.3) is 0 Å². The van der Waals surface area contributed by atoms with E-state index in [9.17, 15) is 29.1 Å². The molecule has 35 heavy (non-hydrogen) atoms. The van der Waals surface area contributed by atoms with Gasteiger partial charge in [-0.05, 0) is 30.0 Å². The number of aromatic hydroxyl groups is 1. The third-order valence-electron chi connectivity index (χ3n) is 4.88. The van der Waals surface area contributed by atoms with Gasteiger partial charge in [0, 0.05) is 6.42 Å². The van der Waals surface area contributed by atoms with Crippen LogP contribution in [0.15, 0.2) is 24.3 Å². The standard InChI is InChI=1S/C22H32N4O9/c1-11(2)7-14(23)19(31)24-15(8-12-3-5-13(28)6-4-12)20(32)25-16(9-18(29)30)21(33)26-17(10-27)22(34)35/h3-6,11,14-17,27-28H,7-10,23H2,1-2H3,(H,24,31)(H,25,32)(H,26,33)(H,29,30)(H,34,35). The topological polar surface area (TPSA) is 228 Å². The smallest absolute Gasteiger partial charge is 0.328 e. The minimum Gasteiger partial charge on any atom is -0.508 e. The number of amides is 3. The number of nitrogens with two attached hydrogens (primary N) is 1. The zero-order chi connectivity index (χ0) is 26.7. The van der Waals surface area contributed by atoms with Gasteiger partial charge in [0.15, 0.2) is 0 Å². The van der Waals surface area contributed by atoms with Crippen molar-refractivity contribution in [1.29, 1.82) is 0 Å². The van der Waals surface area contributed by atoms with Crippen LogP contribution in [0.4, 0.5) is 0 Å². The number of aliphatic hydroxyl groups excluding tert-OH is 1. The van der Waals surface area contributed by atoms with Gasteiger partial charge in [-0.15, -0.1) is 0 Å². The number of phenolic OH excluding ortho intramolecular Hbond substituents is 1. The van der Waals surface area contributed by atoms with Crippen LogP contribution in [-0.4, -0.2) is 80.9 Å². The molecule has 9 N–H and O–H groups in total. The third-order valence-corrected chi connectivity index (χ3v) is 4.88. The summed E-state index contributed by atoms with van der Waals surface area (Å²) in [5.74, 6) is -5.64. The van der Waals surface area contributed by atoms with E-state index in [1.807, 2.05) is 19.2 Å². The highest BCUT2D eigenvalue weighted by Gasteiger charge is 2.31. The molecule has 4 atom stereocenters. The van der Waals surface area contributed by atoms with Crippen LogP contribution in [0.3, 0.4) is 0 Å². The summed E-state index contributed by atoms with van der Waals surface area (Å²) in [4.78, 5) is 60.4. The van der Waals surface area contributed by atoms with Crippen molar-refractivity contribution < 1.29 is 44.4 Å².